The van der Waals surface area contributed by atoms with Gasteiger partial charge in [-0.3, -0.25) is 9.69 Å². The molecule has 0 saturated carbocycles. The Morgan fingerprint density at radius 2 is 1.96 bits per heavy atom. The van der Waals surface area contributed by atoms with Crippen LogP contribution in [0.4, 0.5) is 0 Å². The third-order valence-corrected chi connectivity index (χ3v) is 5.09. The number of nitrogens with zero attached hydrogens (tertiary/aromatic N) is 1. The van der Waals surface area contributed by atoms with E-state index in [0.29, 0.717) is 13.1 Å². The minimum Gasteiger partial charge on any atom is -0.497 e. The van der Waals surface area contributed by atoms with Crippen LogP contribution in [0.2, 0.25) is 0 Å². The second-order valence-corrected chi connectivity index (χ2v) is 6.82. The normalized spacial score (nSPS) is 16.9. The number of amides is 1. The molecule has 1 atom stereocenters. The van der Waals surface area contributed by atoms with Crippen molar-refractivity contribution in [3.63, 3.8) is 0 Å². The monoisotopic (exact) mass is 368 g/mol. The van der Waals surface area contributed by atoms with Crippen LogP contribution < -0.4 is 14.8 Å². The maximum Gasteiger partial charge on any atom is 0.234 e. The van der Waals surface area contributed by atoms with Crippen molar-refractivity contribution in [2.24, 2.45) is 0 Å². The van der Waals surface area contributed by atoms with Gasteiger partial charge in [0, 0.05) is 24.2 Å². The average molecular weight is 368 g/mol. The molecule has 0 aliphatic carbocycles. The molecule has 1 fully saturated rings. The van der Waals surface area contributed by atoms with E-state index in [1.165, 1.54) is 5.56 Å². The lowest BCUT2D eigenvalue weighted by molar-refractivity contribution is -0.122. The Balaban J connectivity index is 1.57. The van der Waals surface area contributed by atoms with Crippen molar-refractivity contribution in [3.05, 3.63) is 59.7 Å². The summed E-state index contributed by atoms with van der Waals surface area (Å²) in [5, 5.41) is 3.05. The number of carbonyl (C=O) groups excluding carboxylic acids is 1. The summed E-state index contributed by atoms with van der Waals surface area (Å²) >= 11 is 0. The van der Waals surface area contributed by atoms with E-state index in [2.05, 4.69) is 22.3 Å². The number of rotatable bonds is 8. The highest BCUT2D eigenvalue weighted by Gasteiger charge is 2.29. The Labute approximate surface area is 161 Å². The van der Waals surface area contributed by atoms with E-state index in [-0.39, 0.29) is 11.9 Å². The molecular weight excluding hydrogens is 340 g/mol. The smallest absolute Gasteiger partial charge is 0.234 e. The Hall–Kier alpha value is -2.53. The lowest BCUT2D eigenvalue weighted by Gasteiger charge is -2.25. The molecule has 0 spiro atoms. The second-order valence-electron chi connectivity index (χ2n) is 6.82. The molecule has 1 saturated heterocycles. The topological polar surface area (TPSA) is 50.8 Å². The molecule has 1 aliphatic rings. The van der Waals surface area contributed by atoms with E-state index in [0.717, 1.165) is 42.9 Å². The Morgan fingerprint density at radius 3 is 2.70 bits per heavy atom. The van der Waals surface area contributed by atoms with Crippen molar-refractivity contribution in [3.8, 4) is 11.5 Å². The fourth-order valence-electron chi connectivity index (χ4n) is 3.69. The van der Waals surface area contributed by atoms with Crippen LogP contribution >= 0.6 is 0 Å². The van der Waals surface area contributed by atoms with Gasteiger partial charge in [-0.25, -0.2) is 0 Å². The van der Waals surface area contributed by atoms with Gasteiger partial charge in [0.1, 0.15) is 11.5 Å². The molecule has 1 N–H and O–H groups in total. The van der Waals surface area contributed by atoms with E-state index >= 15 is 0 Å². The maximum absolute atomic E-state index is 12.4. The van der Waals surface area contributed by atoms with Gasteiger partial charge in [0.2, 0.25) is 5.91 Å². The fourth-order valence-corrected chi connectivity index (χ4v) is 3.69. The van der Waals surface area contributed by atoms with E-state index in [1.807, 2.05) is 36.4 Å². The van der Waals surface area contributed by atoms with Crippen molar-refractivity contribution in [2.75, 3.05) is 33.9 Å². The van der Waals surface area contributed by atoms with Crippen LogP contribution in [0.5, 0.6) is 11.5 Å². The summed E-state index contributed by atoms with van der Waals surface area (Å²) in [4.78, 5) is 14.7. The molecule has 144 valence electrons. The molecule has 0 bridgehead atoms. The second kappa shape index (κ2) is 9.42. The van der Waals surface area contributed by atoms with Crippen LogP contribution in [-0.4, -0.2) is 44.7 Å². The van der Waals surface area contributed by atoms with Crippen LogP contribution in [-0.2, 0) is 11.2 Å². The van der Waals surface area contributed by atoms with Gasteiger partial charge in [-0.05, 0) is 37.4 Å². The van der Waals surface area contributed by atoms with Crippen LogP contribution in [0.3, 0.4) is 0 Å². The first-order chi connectivity index (χ1) is 13.2. The molecule has 1 amide bonds. The van der Waals surface area contributed by atoms with Gasteiger partial charge in [-0.2, -0.15) is 0 Å². The molecule has 27 heavy (non-hydrogen) atoms. The zero-order valence-corrected chi connectivity index (χ0v) is 16.1. The van der Waals surface area contributed by atoms with Crippen LogP contribution in [0.15, 0.2) is 48.5 Å². The van der Waals surface area contributed by atoms with E-state index in [4.69, 9.17) is 9.47 Å². The van der Waals surface area contributed by atoms with Crippen LogP contribution in [0, 0.1) is 0 Å². The van der Waals surface area contributed by atoms with Crippen molar-refractivity contribution >= 4 is 5.91 Å². The first kappa shape index (κ1) is 19.2. The molecule has 5 heteroatoms. The number of likely N-dealkylation sites (tertiary alicyclic amines) is 1. The van der Waals surface area contributed by atoms with Crippen molar-refractivity contribution < 1.29 is 14.3 Å². The highest BCUT2D eigenvalue weighted by molar-refractivity contribution is 5.78. The Bertz CT molecular complexity index is 748. The highest BCUT2D eigenvalue weighted by Crippen LogP contribution is 2.38. The molecule has 1 heterocycles. The third-order valence-electron chi connectivity index (χ3n) is 5.09. The first-order valence-electron chi connectivity index (χ1n) is 9.48. The summed E-state index contributed by atoms with van der Waals surface area (Å²) in [7, 11) is 3.32. The summed E-state index contributed by atoms with van der Waals surface area (Å²) < 4.78 is 10.8. The Kier molecular flexibility index (Phi) is 6.71. The van der Waals surface area contributed by atoms with Crippen molar-refractivity contribution in [2.45, 2.75) is 25.3 Å². The molecule has 2 aromatic rings. The number of ether oxygens (including phenoxy) is 2. The number of hydrogen-bond donors (Lipinski definition) is 1. The number of hydrogen-bond acceptors (Lipinski definition) is 4. The van der Waals surface area contributed by atoms with Gasteiger partial charge in [0.05, 0.1) is 20.8 Å². The highest BCUT2D eigenvalue weighted by atomic mass is 16.5. The number of nitrogens with one attached hydrogen (secondary N) is 1. The van der Waals surface area contributed by atoms with Gasteiger partial charge in [-0.15, -0.1) is 0 Å². The van der Waals surface area contributed by atoms with Gasteiger partial charge in [0.25, 0.3) is 0 Å². The summed E-state index contributed by atoms with van der Waals surface area (Å²) in [6.07, 6.45) is 2.96. The summed E-state index contributed by atoms with van der Waals surface area (Å²) in [5.41, 5.74) is 2.35. The molecule has 5 nitrogen and oxygen atoms in total. The third kappa shape index (κ3) is 5.01. The van der Waals surface area contributed by atoms with E-state index in [1.54, 1.807) is 14.2 Å². The molecule has 2 aromatic carbocycles. The largest absolute Gasteiger partial charge is 0.497 e. The summed E-state index contributed by atoms with van der Waals surface area (Å²) in [6.45, 7) is 1.99. The quantitative estimate of drug-likeness (QED) is 0.777. The van der Waals surface area contributed by atoms with Crippen molar-refractivity contribution in [1.82, 2.24) is 10.2 Å². The standard InChI is InChI=1S/C22H28N2O3/c1-26-18-10-11-19(21(15-18)27-2)20-9-6-14-24(20)16-22(25)23-13-12-17-7-4-3-5-8-17/h3-5,7-8,10-11,15,20H,6,9,12-14,16H2,1-2H3,(H,23,25)/t20-/m0/s1. The molecule has 0 radical (unpaired) electrons. The number of benzene rings is 2. The van der Waals surface area contributed by atoms with Gasteiger partial charge < -0.3 is 14.8 Å². The predicted octanol–water partition coefficient (Wildman–Crippen LogP) is 3.20. The summed E-state index contributed by atoms with van der Waals surface area (Å²) in [5.74, 6) is 1.67. The van der Waals surface area contributed by atoms with Crippen LogP contribution in [0.25, 0.3) is 0 Å². The Morgan fingerprint density at radius 1 is 1.15 bits per heavy atom. The lowest BCUT2D eigenvalue weighted by atomic mass is 10.0. The molecule has 3 rings (SSSR count). The summed E-state index contributed by atoms with van der Waals surface area (Å²) in [6, 6.07) is 16.3. The average Bonchev–Trinajstić information content (AvgIpc) is 3.16. The number of carbonyl (C=O) groups is 1. The number of methoxy groups -OCH3 is 2. The fraction of sp³-hybridized carbons (Fsp3) is 0.409. The molecule has 0 aromatic heterocycles. The minimum absolute atomic E-state index is 0.0744. The van der Waals surface area contributed by atoms with Gasteiger partial charge >= 0.3 is 0 Å². The SMILES string of the molecule is COc1ccc([C@@H]2CCCN2CC(=O)NCCc2ccccc2)c(OC)c1. The molecule has 1 aliphatic heterocycles. The predicted molar refractivity (Wildman–Crippen MR) is 106 cm³/mol. The zero-order valence-electron chi connectivity index (χ0n) is 16.1. The van der Waals surface area contributed by atoms with Gasteiger partial charge in [0.15, 0.2) is 0 Å². The molecule has 0 unspecified atom stereocenters. The molecular formula is C22H28N2O3. The van der Waals surface area contributed by atoms with E-state index < -0.39 is 0 Å². The first-order valence-corrected chi connectivity index (χ1v) is 9.48. The zero-order chi connectivity index (χ0) is 19.1. The van der Waals surface area contributed by atoms with Crippen LogP contribution in [0.1, 0.15) is 30.0 Å². The van der Waals surface area contributed by atoms with Gasteiger partial charge in [-0.1, -0.05) is 36.4 Å². The maximum atomic E-state index is 12.4. The minimum atomic E-state index is 0.0744. The van der Waals surface area contributed by atoms with E-state index in [9.17, 15) is 4.79 Å². The lowest BCUT2D eigenvalue weighted by Crippen LogP contribution is -2.37. The van der Waals surface area contributed by atoms with Crippen molar-refractivity contribution in [1.29, 1.82) is 0 Å².